The van der Waals surface area contributed by atoms with Gasteiger partial charge in [-0.25, -0.2) is 19.3 Å². The van der Waals surface area contributed by atoms with Gasteiger partial charge in [-0.15, -0.1) is 0 Å². The van der Waals surface area contributed by atoms with Gasteiger partial charge in [0.1, 0.15) is 23.7 Å². The molecule has 0 spiro atoms. The van der Waals surface area contributed by atoms with Crippen LogP contribution in [0.4, 0.5) is 10.2 Å². The van der Waals surface area contributed by atoms with Crippen LogP contribution in [0.2, 0.25) is 0 Å². The first-order valence-electron chi connectivity index (χ1n) is 6.76. The molecule has 6 nitrogen and oxygen atoms in total. The molecule has 0 saturated heterocycles. The lowest BCUT2D eigenvalue weighted by atomic mass is 10.2. The van der Waals surface area contributed by atoms with E-state index >= 15 is 0 Å². The second kappa shape index (κ2) is 7.14. The van der Waals surface area contributed by atoms with Crippen LogP contribution in [0.3, 0.4) is 0 Å². The Bertz CT molecular complexity index is 877. The molecule has 3 aromatic rings. The van der Waals surface area contributed by atoms with Gasteiger partial charge in [-0.2, -0.15) is 0 Å². The number of carbonyl (C=O) groups is 1. The van der Waals surface area contributed by atoms with E-state index in [1.807, 2.05) is 0 Å². The molecule has 0 aliphatic rings. The van der Waals surface area contributed by atoms with Crippen molar-refractivity contribution in [2.45, 2.75) is 0 Å². The van der Waals surface area contributed by atoms with Crippen molar-refractivity contribution in [1.29, 1.82) is 0 Å². The number of rotatable bonds is 4. The van der Waals surface area contributed by atoms with Crippen molar-refractivity contribution in [3.8, 4) is 11.5 Å². The predicted octanol–water partition coefficient (Wildman–Crippen LogP) is 3.82. The summed E-state index contributed by atoms with van der Waals surface area (Å²) in [5.74, 6) is -0.260. The molecule has 1 N–H and O–H groups in total. The van der Waals surface area contributed by atoms with Crippen LogP contribution in [0.1, 0.15) is 10.4 Å². The average molecular weight is 389 g/mol. The highest BCUT2D eigenvalue weighted by atomic mass is 79.9. The molecule has 1 amide bonds. The summed E-state index contributed by atoms with van der Waals surface area (Å²) in [4.78, 5) is 23.9. The number of halogens is 2. The maximum absolute atomic E-state index is 13.8. The zero-order valence-electron chi connectivity index (χ0n) is 12.1. The SMILES string of the molecule is O=C(Nc1cc(Br)ccn1)c1cc(F)cc(Oc2cncnc2)c1. The fourth-order valence-electron chi connectivity index (χ4n) is 1.89. The van der Waals surface area contributed by atoms with E-state index in [4.69, 9.17) is 4.74 Å². The molecule has 3 rings (SSSR count). The molecule has 8 heteroatoms. The number of hydrogen-bond acceptors (Lipinski definition) is 5. The van der Waals surface area contributed by atoms with E-state index in [2.05, 4.69) is 36.2 Å². The van der Waals surface area contributed by atoms with Crippen LogP contribution in [-0.2, 0) is 0 Å². The molecular formula is C16H10BrFN4O2. The summed E-state index contributed by atoms with van der Waals surface area (Å²) >= 11 is 3.29. The largest absolute Gasteiger partial charge is 0.454 e. The molecule has 0 atom stereocenters. The van der Waals surface area contributed by atoms with Crippen LogP contribution in [0, 0.1) is 5.82 Å². The molecule has 0 unspecified atom stereocenters. The Morgan fingerprint density at radius 2 is 1.92 bits per heavy atom. The van der Waals surface area contributed by atoms with E-state index in [1.54, 1.807) is 12.1 Å². The standard InChI is InChI=1S/C16H10BrFN4O2/c17-11-1-2-21-15(5-11)22-16(23)10-3-12(18)6-13(4-10)24-14-7-19-9-20-8-14/h1-9H,(H,21,22,23). The first-order chi connectivity index (χ1) is 11.6. The fourth-order valence-corrected chi connectivity index (χ4v) is 2.22. The van der Waals surface area contributed by atoms with E-state index in [9.17, 15) is 9.18 Å². The quantitative estimate of drug-likeness (QED) is 0.734. The number of nitrogens with zero attached hydrogens (tertiary/aromatic N) is 3. The van der Waals surface area contributed by atoms with Gasteiger partial charge in [0.05, 0.1) is 12.4 Å². The van der Waals surface area contributed by atoms with E-state index in [-0.39, 0.29) is 11.3 Å². The van der Waals surface area contributed by atoms with Crippen molar-refractivity contribution in [3.05, 3.63) is 71.1 Å². The lowest BCUT2D eigenvalue weighted by Crippen LogP contribution is -2.13. The Kier molecular flexibility index (Phi) is 4.76. The van der Waals surface area contributed by atoms with E-state index in [1.165, 1.54) is 37.1 Å². The van der Waals surface area contributed by atoms with E-state index in [0.29, 0.717) is 11.6 Å². The zero-order chi connectivity index (χ0) is 16.9. The van der Waals surface area contributed by atoms with Crippen molar-refractivity contribution < 1.29 is 13.9 Å². The second-order valence-corrected chi connectivity index (χ2v) is 5.58. The van der Waals surface area contributed by atoms with Gasteiger partial charge in [-0.3, -0.25) is 4.79 Å². The lowest BCUT2D eigenvalue weighted by molar-refractivity contribution is 0.102. The molecule has 0 radical (unpaired) electrons. The molecule has 0 fully saturated rings. The minimum atomic E-state index is -0.600. The highest BCUT2D eigenvalue weighted by molar-refractivity contribution is 9.10. The Labute approximate surface area is 144 Å². The van der Waals surface area contributed by atoms with Gasteiger partial charge in [-0.1, -0.05) is 15.9 Å². The van der Waals surface area contributed by atoms with Crippen LogP contribution >= 0.6 is 15.9 Å². The summed E-state index contributed by atoms with van der Waals surface area (Å²) in [6.07, 6.45) is 5.75. The van der Waals surface area contributed by atoms with Crippen LogP contribution in [-0.4, -0.2) is 20.9 Å². The predicted molar refractivity (Wildman–Crippen MR) is 88.4 cm³/mol. The summed E-state index contributed by atoms with van der Waals surface area (Å²) in [7, 11) is 0. The second-order valence-electron chi connectivity index (χ2n) is 4.67. The van der Waals surface area contributed by atoms with Crippen LogP contribution < -0.4 is 10.1 Å². The van der Waals surface area contributed by atoms with Gasteiger partial charge in [0.15, 0.2) is 5.75 Å². The first-order valence-corrected chi connectivity index (χ1v) is 7.56. The highest BCUT2D eigenvalue weighted by Crippen LogP contribution is 2.23. The molecule has 2 aromatic heterocycles. The van der Waals surface area contributed by atoms with E-state index < -0.39 is 11.7 Å². The molecule has 0 aliphatic carbocycles. The van der Waals surface area contributed by atoms with Gasteiger partial charge >= 0.3 is 0 Å². The van der Waals surface area contributed by atoms with Crippen molar-refractivity contribution in [2.24, 2.45) is 0 Å². The van der Waals surface area contributed by atoms with Crippen molar-refractivity contribution in [1.82, 2.24) is 15.0 Å². The third-order valence-electron chi connectivity index (χ3n) is 2.87. The average Bonchev–Trinajstić information content (AvgIpc) is 2.55. The summed E-state index contributed by atoms with van der Waals surface area (Å²) in [5.41, 5.74) is 0.101. The number of carbonyl (C=O) groups excluding carboxylic acids is 1. The third kappa shape index (κ3) is 4.11. The molecule has 0 saturated carbocycles. The minimum Gasteiger partial charge on any atom is -0.454 e. The van der Waals surface area contributed by atoms with Crippen molar-refractivity contribution >= 4 is 27.7 Å². The van der Waals surface area contributed by atoms with Crippen LogP contribution in [0.15, 0.2) is 59.7 Å². The third-order valence-corrected chi connectivity index (χ3v) is 3.36. The first kappa shape index (κ1) is 16.0. The number of anilines is 1. The van der Waals surface area contributed by atoms with Crippen molar-refractivity contribution in [3.63, 3.8) is 0 Å². The van der Waals surface area contributed by atoms with Gasteiger partial charge < -0.3 is 10.1 Å². The smallest absolute Gasteiger partial charge is 0.257 e. The summed E-state index contributed by atoms with van der Waals surface area (Å²) in [6.45, 7) is 0. The number of nitrogens with one attached hydrogen (secondary N) is 1. The summed E-state index contributed by atoms with van der Waals surface area (Å²) in [5, 5.41) is 2.59. The van der Waals surface area contributed by atoms with E-state index in [0.717, 1.165) is 10.5 Å². The summed E-state index contributed by atoms with van der Waals surface area (Å²) < 4.78 is 20.0. The zero-order valence-corrected chi connectivity index (χ0v) is 13.7. The lowest BCUT2D eigenvalue weighted by Gasteiger charge is -2.08. The number of pyridine rings is 1. The van der Waals surface area contributed by atoms with Crippen LogP contribution in [0.25, 0.3) is 0 Å². The number of ether oxygens (including phenoxy) is 1. The number of hydrogen-bond donors (Lipinski definition) is 1. The minimum absolute atomic E-state index is 0.101. The van der Waals surface area contributed by atoms with Gasteiger partial charge in [0.25, 0.3) is 5.91 Å². The van der Waals surface area contributed by atoms with Gasteiger partial charge in [0, 0.05) is 22.3 Å². The van der Waals surface area contributed by atoms with Gasteiger partial charge in [0.2, 0.25) is 0 Å². The monoisotopic (exact) mass is 388 g/mol. The molecule has 2 heterocycles. The topological polar surface area (TPSA) is 77.0 Å². The summed E-state index contributed by atoms with van der Waals surface area (Å²) in [6, 6.07) is 7.06. The highest BCUT2D eigenvalue weighted by Gasteiger charge is 2.11. The number of amides is 1. The molecule has 120 valence electrons. The molecule has 0 bridgehead atoms. The van der Waals surface area contributed by atoms with Gasteiger partial charge in [-0.05, 0) is 24.3 Å². The van der Waals surface area contributed by atoms with Crippen LogP contribution in [0.5, 0.6) is 11.5 Å². The Morgan fingerprint density at radius 1 is 1.12 bits per heavy atom. The molecule has 1 aromatic carbocycles. The Hall–Kier alpha value is -2.87. The Morgan fingerprint density at radius 3 is 2.67 bits per heavy atom. The number of benzene rings is 1. The molecule has 0 aliphatic heterocycles. The maximum atomic E-state index is 13.8. The number of aromatic nitrogens is 3. The van der Waals surface area contributed by atoms with Crippen molar-refractivity contribution in [2.75, 3.05) is 5.32 Å². The maximum Gasteiger partial charge on any atom is 0.257 e. The molecule has 24 heavy (non-hydrogen) atoms. The Balaban J connectivity index is 1.81. The normalized spacial score (nSPS) is 10.2. The molecular weight excluding hydrogens is 379 g/mol. The fraction of sp³-hybridized carbons (Fsp3) is 0.